The number of nitrogens with zero attached hydrogens (tertiary/aromatic N) is 3. The van der Waals surface area contributed by atoms with Crippen molar-refractivity contribution in [3.63, 3.8) is 0 Å². The molecule has 0 aliphatic carbocycles. The number of hydrogen-bond acceptors (Lipinski definition) is 7. The first-order valence-electron chi connectivity index (χ1n) is 8.86. The molecule has 1 fully saturated rings. The molecule has 0 amide bonds. The molecule has 0 unspecified atom stereocenters. The summed E-state index contributed by atoms with van der Waals surface area (Å²) in [6.45, 7) is 7.90. The molecule has 7 nitrogen and oxygen atoms in total. The van der Waals surface area contributed by atoms with E-state index < -0.39 is 0 Å². The molecular formula is C19H27N3O4. The van der Waals surface area contributed by atoms with Gasteiger partial charge >= 0.3 is 0 Å². The molecule has 2 aromatic rings. The topological polar surface area (TPSA) is 69.9 Å². The van der Waals surface area contributed by atoms with E-state index in [2.05, 4.69) is 35.9 Å². The monoisotopic (exact) mass is 361 g/mol. The lowest BCUT2D eigenvalue weighted by Crippen LogP contribution is -2.40. The summed E-state index contributed by atoms with van der Waals surface area (Å²) in [5, 5.41) is 8.40. The van der Waals surface area contributed by atoms with E-state index in [0.29, 0.717) is 29.0 Å². The van der Waals surface area contributed by atoms with Crippen molar-refractivity contribution in [2.75, 3.05) is 20.8 Å². The van der Waals surface area contributed by atoms with Gasteiger partial charge in [0.25, 0.3) is 5.89 Å². The predicted molar refractivity (Wildman–Crippen MR) is 96.6 cm³/mol. The molecule has 0 saturated carbocycles. The highest BCUT2D eigenvalue weighted by Crippen LogP contribution is 2.36. The summed E-state index contributed by atoms with van der Waals surface area (Å²) in [5.74, 6) is 3.06. The number of hydrogen-bond donors (Lipinski definition) is 0. The van der Waals surface area contributed by atoms with Gasteiger partial charge in [0.15, 0.2) is 18.1 Å². The van der Waals surface area contributed by atoms with Crippen molar-refractivity contribution < 1.29 is 18.6 Å². The maximum Gasteiger partial charge on any atom is 0.253 e. The fourth-order valence-electron chi connectivity index (χ4n) is 3.34. The summed E-state index contributed by atoms with van der Waals surface area (Å²) in [4.78, 5) is 2.42. The summed E-state index contributed by atoms with van der Waals surface area (Å²) >= 11 is 0. The van der Waals surface area contributed by atoms with Crippen LogP contribution in [0.1, 0.15) is 51.4 Å². The smallest absolute Gasteiger partial charge is 0.253 e. The van der Waals surface area contributed by atoms with Crippen molar-refractivity contribution in [2.45, 2.75) is 51.8 Å². The second-order valence-electron chi connectivity index (χ2n) is 7.36. The van der Waals surface area contributed by atoms with Gasteiger partial charge in [-0.05, 0) is 52.3 Å². The average molecular weight is 361 g/mol. The number of ether oxygens (including phenoxy) is 3. The minimum Gasteiger partial charge on any atom is -0.493 e. The van der Waals surface area contributed by atoms with Crippen molar-refractivity contribution in [2.24, 2.45) is 0 Å². The van der Waals surface area contributed by atoms with Crippen LogP contribution in [-0.2, 0) is 6.61 Å². The second kappa shape index (κ2) is 7.53. The zero-order valence-electron chi connectivity index (χ0n) is 16.1. The molecule has 1 atom stereocenters. The Kier molecular flexibility index (Phi) is 5.36. The van der Waals surface area contributed by atoms with E-state index in [9.17, 15) is 0 Å². The highest BCUT2D eigenvalue weighted by molar-refractivity contribution is 5.45. The zero-order valence-corrected chi connectivity index (χ0v) is 16.1. The Morgan fingerprint density at radius 3 is 2.62 bits per heavy atom. The van der Waals surface area contributed by atoms with Crippen LogP contribution < -0.4 is 14.2 Å². The molecular weight excluding hydrogens is 334 g/mol. The highest BCUT2D eigenvalue weighted by atomic mass is 16.5. The molecule has 3 rings (SSSR count). The van der Waals surface area contributed by atoms with Crippen molar-refractivity contribution in [3.8, 4) is 17.2 Å². The first-order valence-corrected chi connectivity index (χ1v) is 8.86. The Labute approximate surface area is 154 Å². The minimum absolute atomic E-state index is 0.0753. The molecule has 7 heteroatoms. The third-order valence-electron chi connectivity index (χ3n) is 4.60. The third-order valence-corrected chi connectivity index (χ3v) is 4.60. The van der Waals surface area contributed by atoms with Gasteiger partial charge in [-0.3, -0.25) is 4.90 Å². The lowest BCUT2D eigenvalue weighted by Gasteiger charge is -2.35. The van der Waals surface area contributed by atoms with E-state index in [1.165, 1.54) is 0 Å². The maximum atomic E-state index is 5.87. The maximum absolute atomic E-state index is 5.87. The van der Waals surface area contributed by atoms with Crippen LogP contribution in [0, 0.1) is 0 Å². The Morgan fingerprint density at radius 2 is 1.92 bits per heavy atom. The molecule has 0 bridgehead atoms. The first kappa shape index (κ1) is 18.5. The van der Waals surface area contributed by atoms with Crippen LogP contribution >= 0.6 is 0 Å². The molecule has 1 aromatic carbocycles. The number of methoxy groups -OCH3 is 2. The van der Waals surface area contributed by atoms with Gasteiger partial charge in [-0.25, -0.2) is 0 Å². The molecule has 26 heavy (non-hydrogen) atoms. The van der Waals surface area contributed by atoms with Gasteiger partial charge in [-0.15, -0.1) is 10.2 Å². The van der Waals surface area contributed by atoms with Crippen molar-refractivity contribution in [1.29, 1.82) is 0 Å². The van der Waals surface area contributed by atoms with E-state index in [0.717, 1.165) is 19.4 Å². The van der Waals surface area contributed by atoms with Crippen LogP contribution in [0.15, 0.2) is 22.6 Å². The van der Waals surface area contributed by atoms with Crippen LogP contribution in [-0.4, -0.2) is 41.4 Å². The number of rotatable bonds is 6. The van der Waals surface area contributed by atoms with Gasteiger partial charge in [0.2, 0.25) is 5.89 Å². The Hall–Kier alpha value is -2.28. The molecule has 1 aliphatic rings. The van der Waals surface area contributed by atoms with E-state index >= 15 is 0 Å². The summed E-state index contributed by atoms with van der Waals surface area (Å²) in [6, 6.07) is 5.57. The summed E-state index contributed by atoms with van der Waals surface area (Å²) in [6.07, 6.45) is 2.18. The standard InChI is InChI=1S/C19H27N3O4/c1-19(2,3)22-10-6-7-14(22)18-21-20-17(26-18)12-25-13-8-9-15(23-4)16(11-13)24-5/h8-9,11,14H,6-7,10,12H2,1-5H3/t14-/m0/s1. The lowest BCUT2D eigenvalue weighted by atomic mass is 10.0. The fourth-order valence-corrected chi connectivity index (χ4v) is 3.34. The molecule has 1 aliphatic heterocycles. The van der Waals surface area contributed by atoms with Crippen LogP contribution in [0.2, 0.25) is 0 Å². The molecule has 2 heterocycles. The van der Waals surface area contributed by atoms with Gasteiger partial charge in [0.05, 0.1) is 20.3 Å². The highest BCUT2D eigenvalue weighted by Gasteiger charge is 2.36. The second-order valence-corrected chi connectivity index (χ2v) is 7.36. The van der Waals surface area contributed by atoms with Crippen molar-refractivity contribution >= 4 is 0 Å². The summed E-state index contributed by atoms with van der Waals surface area (Å²) in [5.41, 5.74) is 0.0753. The Balaban J connectivity index is 1.66. The molecule has 0 radical (unpaired) electrons. The molecule has 1 aromatic heterocycles. The van der Waals surface area contributed by atoms with Crippen molar-refractivity contribution in [1.82, 2.24) is 15.1 Å². The largest absolute Gasteiger partial charge is 0.493 e. The van der Waals surface area contributed by atoms with Gasteiger partial charge in [0.1, 0.15) is 5.75 Å². The zero-order chi connectivity index (χ0) is 18.7. The van der Waals surface area contributed by atoms with E-state index in [-0.39, 0.29) is 18.2 Å². The van der Waals surface area contributed by atoms with Gasteiger partial charge in [-0.2, -0.15) is 0 Å². The number of likely N-dealkylation sites (tertiary alicyclic amines) is 1. The SMILES string of the molecule is COc1ccc(OCc2nnc([C@@H]3CCCN3C(C)(C)C)o2)cc1OC. The van der Waals surface area contributed by atoms with Crippen LogP contribution in [0.4, 0.5) is 0 Å². The van der Waals surface area contributed by atoms with Crippen LogP contribution in [0.3, 0.4) is 0 Å². The minimum atomic E-state index is 0.0753. The predicted octanol–water partition coefficient (Wildman–Crippen LogP) is 3.60. The Bertz CT molecular complexity index is 739. The van der Waals surface area contributed by atoms with E-state index in [4.69, 9.17) is 18.6 Å². The van der Waals surface area contributed by atoms with Gasteiger partial charge in [-0.1, -0.05) is 0 Å². The normalized spacial score (nSPS) is 18.1. The van der Waals surface area contributed by atoms with Crippen LogP contribution in [0.25, 0.3) is 0 Å². The molecule has 0 spiro atoms. The van der Waals surface area contributed by atoms with E-state index in [1.54, 1.807) is 26.4 Å². The van der Waals surface area contributed by atoms with Gasteiger partial charge < -0.3 is 18.6 Å². The average Bonchev–Trinajstić information content (AvgIpc) is 3.28. The number of benzene rings is 1. The Morgan fingerprint density at radius 1 is 1.15 bits per heavy atom. The fraction of sp³-hybridized carbons (Fsp3) is 0.579. The van der Waals surface area contributed by atoms with Crippen molar-refractivity contribution in [3.05, 3.63) is 30.0 Å². The molecule has 142 valence electrons. The van der Waals surface area contributed by atoms with E-state index in [1.807, 2.05) is 6.07 Å². The summed E-state index contributed by atoms with van der Waals surface area (Å²) < 4.78 is 22.1. The summed E-state index contributed by atoms with van der Waals surface area (Å²) in [7, 11) is 3.19. The lowest BCUT2D eigenvalue weighted by molar-refractivity contribution is 0.103. The van der Waals surface area contributed by atoms with Crippen LogP contribution in [0.5, 0.6) is 17.2 Å². The van der Waals surface area contributed by atoms with Gasteiger partial charge in [0, 0.05) is 11.6 Å². The molecule has 0 N–H and O–H groups in total. The quantitative estimate of drug-likeness (QED) is 0.778. The molecule has 1 saturated heterocycles. The third kappa shape index (κ3) is 3.93. The number of aromatic nitrogens is 2. The first-order chi connectivity index (χ1) is 12.4.